The number of nitrogens with zero attached hydrogens (tertiary/aromatic N) is 12. The molecule has 12 aromatic rings. The van der Waals surface area contributed by atoms with Crippen molar-refractivity contribution < 1.29 is 113 Å². The maximum absolute atomic E-state index is 13.2. The molecule has 0 spiro atoms. The van der Waals surface area contributed by atoms with Crippen molar-refractivity contribution in [1.29, 1.82) is 0 Å². The molecule has 21 rings (SSSR count). The number of para-hydroxylation sites is 8. The zero-order valence-electron chi connectivity index (χ0n) is 86.2. The van der Waals surface area contributed by atoms with Gasteiger partial charge < -0.3 is 78.2 Å². The number of aromatic nitrogens is 8. The minimum atomic E-state index is -0.328. The molecule has 31 nitrogen and oxygen atoms in total. The monoisotopic (exact) mass is 2100 g/mol. The predicted octanol–water partition coefficient (Wildman–Crippen LogP) is 15.4. The van der Waals surface area contributed by atoms with Crippen LogP contribution in [0.1, 0.15) is 226 Å². The van der Waals surface area contributed by atoms with E-state index in [-0.39, 0.29) is 102 Å². The molecule has 0 bridgehead atoms. The summed E-state index contributed by atoms with van der Waals surface area (Å²) >= 11 is 3.30. The summed E-state index contributed by atoms with van der Waals surface area (Å²) in [4.78, 5) is 87.4. The van der Waals surface area contributed by atoms with Gasteiger partial charge in [0.1, 0.15) is 29.9 Å². The minimum absolute atomic E-state index is 0. The molecule has 9 aliphatic rings. The molecule has 0 saturated carbocycles. The van der Waals surface area contributed by atoms with Crippen molar-refractivity contribution in [2.75, 3.05) is 151 Å². The number of esters is 2. The Kier molecular flexibility index (Phi) is 49.4. The molecule has 13 heterocycles. The Bertz CT molecular complexity index is 5980. The van der Waals surface area contributed by atoms with Crippen LogP contribution in [0.3, 0.4) is 0 Å². The molecule has 6 atom stereocenters. The van der Waals surface area contributed by atoms with Gasteiger partial charge in [-0.25, -0.2) is 34.8 Å². The van der Waals surface area contributed by atoms with E-state index in [1.165, 1.54) is 131 Å². The first-order valence-corrected chi connectivity index (χ1v) is 53.1. The number of carbonyl (C=O) groups excluding carboxylic acids is 4. The van der Waals surface area contributed by atoms with E-state index in [0.717, 1.165) is 229 Å². The van der Waals surface area contributed by atoms with Crippen molar-refractivity contribution in [1.82, 2.24) is 68.4 Å². The van der Waals surface area contributed by atoms with E-state index in [2.05, 4.69) is 128 Å². The zero-order valence-corrected chi connectivity index (χ0v) is 88.8. The Balaban J connectivity index is 0.000000174. The molecular formula is C115H152BrN14NaO17. The maximum Gasteiger partial charge on any atom is 1.00 e. The third kappa shape index (κ3) is 34.5. The number of amides is 2. The van der Waals surface area contributed by atoms with Crippen molar-refractivity contribution in [3.8, 4) is 11.8 Å². The molecule has 9 aliphatic heterocycles. The third-order valence-electron chi connectivity index (χ3n) is 27.9. The van der Waals surface area contributed by atoms with E-state index in [0.29, 0.717) is 68.7 Å². The number of alkyl halides is 1. The third-order valence-corrected chi connectivity index (χ3v) is 28.2. The van der Waals surface area contributed by atoms with Crippen molar-refractivity contribution >= 4 is 83.8 Å². The topological polar surface area (TPSA) is 321 Å². The first-order chi connectivity index (χ1) is 71.3. The number of imidazole rings is 4. The van der Waals surface area contributed by atoms with Crippen LogP contribution in [0, 0.1) is 11.8 Å². The van der Waals surface area contributed by atoms with Gasteiger partial charge in [-0.1, -0.05) is 134 Å². The molecule has 4 aromatic heterocycles. The van der Waals surface area contributed by atoms with Crippen LogP contribution >= 0.6 is 15.9 Å². The van der Waals surface area contributed by atoms with E-state index in [1.807, 2.05) is 143 Å². The molecule has 8 aromatic carbocycles. The van der Waals surface area contributed by atoms with Gasteiger partial charge in [-0.05, 0) is 298 Å². The van der Waals surface area contributed by atoms with E-state index in [9.17, 15) is 24.3 Å². The first kappa shape index (κ1) is 117. The fourth-order valence-electron chi connectivity index (χ4n) is 20.2. The summed E-state index contributed by atoms with van der Waals surface area (Å²) in [6, 6.07) is 65.2. The van der Waals surface area contributed by atoms with Crippen LogP contribution in [0.25, 0.3) is 44.1 Å². The second kappa shape index (κ2) is 62.7. The number of likely N-dealkylation sites (tertiary alicyclic amines) is 5. The SMILES string of the molecule is BrCCOC1CCCCO1.C.C.C1CCN([C@H]2CCNC2)C1.CC#CCOOOO.COC(=O)c1ccc(Cc2nc3ccccc3[nH]2)cc1.COC(=O)c1ccc(Cc2nc3ccccc3n2CCOC2CCCCO2)cc1.O=C(c1ccc(Cc2nc3ccccc3n2CCO)cc1)N1CC[C@H](N2CCCC2)C1.O=C(c1ccc(Cc2nc3ccccc3n2CCOC2CCCCO2)cc1)N1CC[C@H](N2CCCC2)C1.[H-].[Na+]. The van der Waals surface area contributed by atoms with Crippen LogP contribution in [0.4, 0.5) is 0 Å². The minimum Gasteiger partial charge on any atom is -1.00 e. The second-order valence-corrected chi connectivity index (χ2v) is 38.5. The van der Waals surface area contributed by atoms with Crippen molar-refractivity contribution in [3.05, 3.63) is 262 Å². The number of fused-ring (bicyclic) bond motifs is 4. The molecule has 9 fully saturated rings. The summed E-state index contributed by atoms with van der Waals surface area (Å²) in [5, 5.41) is 27.9. The normalized spacial score (nSPS) is 19.1. The predicted molar refractivity (Wildman–Crippen MR) is 576 cm³/mol. The molecular weight excluding hydrogens is 1950 g/mol. The van der Waals surface area contributed by atoms with Crippen LogP contribution in [0.15, 0.2) is 194 Å². The smallest absolute Gasteiger partial charge is 1.00 e. The zero-order chi connectivity index (χ0) is 101. The molecule has 4 N–H and O–H groups in total. The van der Waals surface area contributed by atoms with E-state index < -0.39 is 0 Å². The van der Waals surface area contributed by atoms with Crippen molar-refractivity contribution in [2.45, 2.75) is 220 Å². The van der Waals surface area contributed by atoms with Crippen molar-refractivity contribution in [3.63, 3.8) is 0 Å². The van der Waals surface area contributed by atoms with Gasteiger partial charge in [-0.2, -0.15) is 4.89 Å². The van der Waals surface area contributed by atoms with Gasteiger partial charge in [0.2, 0.25) is 0 Å². The standard InChI is InChI=1S/C30H38N4O3.C25H30N4O2.C23H26N2O4.C16H14N2O2.C8H16N2.C7H13BrO2.C4H6O4.2CH4.Na.H/c35-30(33-17-14-25(22-33)32-15-4-5-16-32)24-12-10-23(11-13-24)21-28-31-26-7-1-2-8-27(26)34(28)18-20-37-29-9-3-6-19-36-29;30-16-15-29-23-6-2-1-5-22(23)26-24(29)17-19-7-9-20(10-8-19)25(31)28-14-11-21(18-28)27-12-3-4-13-27;1-27-23(26)18-11-9-17(10-12-18)16-21-24-19-6-2-3-7-20(19)25(21)13-15-29-22-8-4-5-14-28-22;1-20-16(19)12-8-6-11(7-9-12)10-15-17-13-4-2-3-5-14(13)18-15;1-2-6-10(5-1)8-3-4-9-7-8;8-4-6-10-7-3-1-2-5-9-7;1-2-3-4-6-8-7-5;;;;/h1-2,7-8,10-13,25,29H,3-6,9,14-22H2;1-2,5-10,21,30H,3-4,11-18H2;2-3,6-7,9-12,22H,4-5,8,13-16H2,1H3;2-9H,10H2,1H3,(H,17,18);8-9H,1-7H2;7H,1-6H2;5H,4H2,1H3;2*1H4;;/q;;;;;;;;;+1;-1/t25-,29?;21-;;;8-;;;;;;/m00..0....../s1. The van der Waals surface area contributed by atoms with Gasteiger partial charge in [0.15, 0.2) is 18.9 Å². The number of carbonyl (C=O) groups is 4. The summed E-state index contributed by atoms with van der Waals surface area (Å²) < 4.78 is 50.1. The quantitative estimate of drug-likeness (QED) is 0.00596. The Morgan fingerprint density at radius 1 is 0.439 bits per heavy atom. The summed E-state index contributed by atoms with van der Waals surface area (Å²) in [6.45, 7) is 21.5. The number of hydrogen-bond donors (Lipinski definition) is 4. The average Bonchev–Trinajstić information content (AvgIpc) is 1.66. The van der Waals surface area contributed by atoms with E-state index >= 15 is 0 Å². The molecule has 0 aliphatic carbocycles. The Labute approximate surface area is 903 Å². The van der Waals surface area contributed by atoms with Gasteiger partial charge >= 0.3 is 41.5 Å². The molecule has 792 valence electrons. The number of aromatic amines is 1. The van der Waals surface area contributed by atoms with Crippen LogP contribution in [0.2, 0.25) is 0 Å². The molecule has 148 heavy (non-hydrogen) atoms. The molecule has 9 saturated heterocycles. The number of aliphatic hydroxyl groups is 1. The number of benzene rings is 8. The van der Waals surface area contributed by atoms with Gasteiger partial charge in [0.25, 0.3) is 11.8 Å². The fourth-order valence-corrected chi connectivity index (χ4v) is 20.4. The fraction of sp³-hybridized carbons (Fsp3) is 0.496. The summed E-state index contributed by atoms with van der Waals surface area (Å²) in [5.74, 6) is 8.52. The van der Waals surface area contributed by atoms with E-state index in [1.54, 1.807) is 31.2 Å². The largest absolute Gasteiger partial charge is 1.00 e. The van der Waals surface area contributed by atoms with Crippen molar-refractivity contribution in [2.24, 2.45) is 0 Å². The Morgan fingerprint density at radius 3 is 1.18 bits per heavy atom. The molecule has 0 radical (unpaired) electrons. The number of halogens is 1. The summed E-state index contributed by atoms with van der Waals surface area (Å²) in [7, 11) is 2.77. The number of rotatable bonds is 31. The molecule has 2 amide bonds. The van der Waals surface area contributed by atoms with Crippen LogP contribution in [0.5, 0.6) is 0 Å². The van der Waals surface area contributed by atoms with Crippen LogP contribution < -0.4 is 34.9 Å². The van der Waals surface area contributed by atoms with Gasteiger partial charge in [0.05, 0.1) is 95.9 Å². The molecule has 33 heteroatoms. The average molecular weight is 2110 g/mol. The summed E-state index contributed by atoms with van der Waals surface area (Å²) in [6.07, 6.45) is 24.2. The van der Waals surface area contributed by atoms with Crippen LogP contribution in [-0.2, 0) is 98.2 Å². The second-order valence-electron chi connectivity index (χ2n) is 37.7. The van der Waals surface area contributed by atoms with E-state index in [4.69, 9.17) is 53.4 Å². The van der Waals surface area contributed by atoms with Crippen LogP contribution in [-0.4, -0.2) is 285 Å². The Hall–Kier alpha value is -10.0. The number of methoxy groups -OCH3 is 2. The molecule has 3 unspecified atom stereocenters. The van der Waals surface area contributed by atoms with Gasteiger partial charge in [0, 0.05) is 132 Å². The number of nitrogens with one attached hydrogen (secondary N) is 2. The number of ether oxygens (including phenoxy) is 8. The van der Waals surface area contributed by atoms with Gasteiger partial charge in [-0.3, -0.25) is 24.3 Å². The maximum atomic E-state index is 13.2. The first-order valence-electron chi connectivity index (χ1n) is 51.9. The Morgan fingerprint density at radius 2 is 0.818 bits per heavy atom. The number of H-pyrrole nitrogens is 1. The number of aliphatic hydroxyl groups excluding tert-OH is 1. The van der Waals surface area contributed by atoms with Gasteiger partial charge in [-0.15, -0.1) is 5.92 Å². The number of hydrogen-bond acceptors (Lipinski definition) is 25. The summed E-state index contributed by atoms with van der Waals surface area (Å²) in [5.41, 5.74) is 15.3.